The molecule has 2 heterocycles. The van der Waals surface area contributed by atoms with E-state index in [2.05, 4.69) is 21.3 Å². The van der Waals surface area contributed by atoms with E-state index >= 15 is 0 Å². The van der Waals surface area contributed by atoms with Gasteiger partial charge >= 0.3 is 12.1 Å². The predicted octanol–water partition coefficient (Wildman–Crippen LogP) is 2.03. The van der Waals surface area contributed by atoms with E-state index in [9.17, 15) is 28.8 Å². The minimum atomic E-state index is -1.10. The fraction of sp³-hybridized carbons (Fsp3) is 0.812. The van der Waals surface area contributed by atoms with Crippen LogP contribution in [-0.4, -0.2) is 95.7 Å². The molecule has 1 aliphatic carbocycles. The molecule has 0 radical (unpaired) electrons. The Labute approximate surface area is 267 Å². The third kappa shape index (κ3) is 10.1. The van der Waals surface area contributed by atoms with Crippen LogP contribution < -0.4 is 27.0 Å². The first-order valence-electron chi connectivity index (χ1n) is 16.5. The van der Waals surface area contributed by atoms with Gasteiger partial charge in [0, 0.05) is 26.2 Å². The highest BCUT2D eigenvalue weighted by Gasteiger charge is 2.43. The predicted molar refractivity (Wildman–Crippen MR) is 170 cm³/mol. The Bertz CT molecular complexity index is 1110. The number of carbonyl (C=O) groups excluding carboxylic acids is 6. The number of amides is 7. The standard InChI is InChI=1S/C32H55N7O6/c1-31(2,3)23(19-38-17-10-16-34-30(38)45)36-29(44)37-25(32(4,5)6)28(43)39-18-9-15-22(39)27(42)35-21(24(40)26(33)41)14-8-13-20-11-7-12-20/h20-23,25H,7-19H2,1-6H3,(H2,33,41)(H,34,45)(H,35,42)(H2,36,37,44)/t21?,22-,23+,25+/m0/s1. The number of Topliss-reactive ketones (excluding diaryl/α,β-unsaturated/α-hetero) is 1. The van der Waals surface area contributed by atoms with E-state index in [0.717, 1.165) is 25.7 Å². The lowest BCUT2D eigenvalue weighted by Gasteiger charge is -2.39. The molecule has 0 spiro atoms. The fourth-order valence-electron chi connectivity index (χ4n) is 6.16. The molecule has 13 nitrogen and oxygen atoms in total. The molecule has 2 aliphatic heterocycles. The van der Waals surface area contributed by atoms with E-state index in [1.165, 1.54) is 11.3 Å². The van der Waals surface area contributed by atoms with Crippen molar-refractivity contribution in [2.24, 2.45) is 22.5 Å². The van der Waals surface area contributed by atoms with Gasteiger partial charge in [-0.1, -0.05) is 73.6 Å². The number of likely N-dealkylation sites (tertiary alicyclic amines) is 1. The van der Waals surface area contributed by atoms with Crippen LogP contribution in [-0.2, 0) is 19.2 Å². The third-order valence-corrected chi connectivity index (χ3v) is 9.35. The van der Waals surface area contributed by atoms with Crippen LogP contribution in [0.4, 0.5) is 9.59 Å². The fourth-order valence-corrected chi connectivity index (χ4v) is 6.16. The van der Waals surface area contributed by atoms with Crippen molar-refractivity contribution >= 4 is 35.6 Å². The molecule has 7 amide bonds. The topological polar surface area (TPSA) is 183 Å². The van der Waals surface area contributed by atoms with E-state index in [4.69, 9.17) is 5.73 Å². The lowest BCUT2D eigenvalue weighted by atomic mass is 9.81. The monoisotopic (exact) mass is 633 g/mol. The maximum Gasteiger partial charge on any atom is 0.317 e. The number of urea groups is 2. The maximum atomic E-state index is 14.0. The molecule has 0 aromatic rings. The van der Waals surface area contributed by atoms with Crippen molar-refractivity contribution in [2.75, 3.05) is 26.2 Å². The summed E-state index contributed by atoms with van der Waals surface area (Å²) in [6, 6.07) is -3.95. The summed E-state index contributed by atoms with van der Waals surface area (Å²) in [5.74, 6) is -2.22. The lowest BCUT2D eigenvalue weighted by Crippen LogP contribution is -2.62. The van der Waals surface area contributed by atoms with Gasteiger partial charge in [-0.3, -0.25) is 19.2 Å². The summed E-state index contributed by atoms with van der Waals surface area (Å²) in [6.07, 6.45) is 7.23. The third-order valence-electron chi connectivity index (χ3n) is 9.35. The van der Waals surface area contributed by atoms with Gasteiger partial charge in [0.2, 0.25) is 17.6 Å². The van der Waals surface area contributed by atoms with Gasteiger partial charge < -0.3 is 36.8 Å². The molecular formula is C32H55N7O6. The van der Waals surface area contributed by atoms with Crippen LogP contribution in [0.5, 0.6) is 0 Å². The Hall–Kier alpha value is -3.38. The van der Waals surface area contributed by atoms with Crippen LogP contribution in [0.1, 0.15) is 99.3 Å². The summed E-state index contributed by atoms with van der Waals surface area (Å²) >= 11 is 0. The second kappa shape index (κ2) is 15.3. The van der Waals surface area contributed by atoms with E-state index in [0.29, 0.717) is 57.8 Å². The molecule has 3 fully saturated rings. The molecule has 4 atom stereocenters. The van der Waals surface area contributed by atoms with Crippen LogP contribution in [0.25, 0.3) is 0 Å². The van der Waals surface area contributed by atoms with Crippen LogP contribution in [0.15, 0.2) is 0 Å². The van der Waals surface area contributed by atoms with E-state index in [-0.39, 0.29) is 11.4 Å². The molecule has 0 aromatic carbocycles. The molecule has 3 aliphatic rings. The Balaban J connectivity index is 1.69. The molecular weight excluding hydrogens is 578 g/mol. The zero-order valence-corrected chi connectivity index (χ0v) is 28.0. The average Bonchev–Trinajstić information content (AvgIpc) is 3.41. The molecule has 1 saturated carbocycles. The van der Waals surface area contributed by atoms with Crippen LogP contribution in [0, 0.1) is 16.7 Å². The molecule has 254 valence electrons. The summed E-state index contributed by atoms with van der Waals surface area (Å²) in [5, 5.41) is 11.4. The summed E-state index contributed by atoms with van der Waals surface area (Å²) in [4.78, 5) is 80.7. The maximum absolute atomic E-state index is 14.0. The van der Waals surface area contributed by atoms with Crippen LogP contribution in [0.3, 0.4) is 0 Å². The number of carbonyl (C=O) groups is 6. The van der Waals surface area contributed by atoms with Gasteiger partial charge in [0.1, 0.15) is 12.1 Å². The number of nitrogens with one attached hydrogen (secondary N) is 4. The minimum absolute atomic E-state index is 0.170. The first-order chi connectivity index (χ1) is 21.0. The lowest BCUT2D eigenvalue weighted by molar-refractivity contribution is -0.143. The summed E-state index contributed by atoms with van der Waals surface area (Å²) in [6.45, 7) is 13.3. The molecule has 1 unspecified atom stereocenters. The number of hydrogen-bond donors (Lipinski definition) is 5. The van der Waals surface area contributed by atoms with Gasteiger partial charge in [0.05, 0.1) is 12.1 Å². The highest BCUT2D eigenvalue weighted by Crippen LogP contribution is 2.31. The van der Waals surface area contributed by atoms with Gasteiger partial charge in [0.15, 0.2) is 0 Å². The first kappa shape index (κ1) is 36.1. The molecule has 0 aromatic heterocycles. The normalized spacial score (nSPS) is 21.2. The zero-order valence-electron chi connectivity index (χ0n) is 28.0. The van der Waals surface area contributed by atoms with Crippen molar-refractivity contribution in [3.63, 3.8) is 0 Å². The van der Waals surface area contributed by atoms with Gasteiger partial charge in [-0.15, -0.1) is 0 Å². The second-order valence-corrected chi connectivity index (χ2v) is 15.1. The molecule has 3 rings (SSSR count). The van der Waals surface area contributed by atoms with E-state index in [1.807, 2.05) is 41.5 Å². The molecule has 45 heavy (non-hydrogen) atoms. The Kier molecular flexibility index (Phi) is 12.2. The molecule has 6 N–H and O–H groups in total. The van der Waals surface area contributed by atoms with Crippen molar-refractivity contribution in [2.45, 2.75) is 123 Å². The number of rotatable bonds is 13. The minimum Gasteiger partial charge on any atom is -0.363 e. The molecule has 0 bridgehead atoms. The average molecular weight is 634 g/mol. The summed E-state index contributed by atoms with van der Waals surface area (Å²) in [7, 11) is 0. The number of nitrogens with two attached hydrogens (primary N) is 1. The van der Waals surface area contributed by atoms with Crippen molar-refractivity contribution in [1.82, 2.24) is 31.1 Å². The van der Waals surface area contributed by atoms with Gasteiger partial charge in [-0.25, -0.2) is 9.59 Å². The van der Waals surface area contributed by atoms with E-state index in [1.54, 1.807) is 4.90 Å². The SMILES string of the molecule is CC(C)(C)[C@H](NC(=O)N[C@H](CN1CCCNC1=O)C(C)(C)C)C(=O)N1CCC[C@H]1C(=O)NC(CCCC1CCC1)C(=O)C(N)=O. The van der Waals surface area contributed by atoms with Crippen molar-refractivity contribution in [1.29, 1.82) is 0 Å². The number of ketones is 1. The highest BCUT2D eigenvalue weighted by molar-refractivity contribution is 6.37. The Morgan fingerprint density at radius 2 is 1.60 bits per heavy atom. The number of nitrogens with zero attached hydrogens (tertiary/aromatic N) is 2. The first-order valence-corrected chi connectivity index (χ1v) is 16.5. The van der Waals surface area contributed by atoms with Gasteiger partial charge in [-0.2, -0.15) is 0 Å². The summed E-state index contributed by atoms with van der Waals surface area (Å²) < 4.78 is 0. The van der Waals surface area contributed by atoms with Crippen molar-refractivity contribution < 1.29 is 28.8 Å². The van der Waals surface area contributed by atoms with Crippen LogP contribution in [0.2, 0.25) is 0 Å². The number of primary amides is 1. The summed E-state index contributed by atoms with van der Waals surface area (Å²) in [5.41, 5.74) is 4.21. The van der Waals surface area contributed by atoms with Crippen molar-refractivity contribution in [3.8, 4) is 0 Å². The second-order valence-electron chi connectivity index (χ2n) is 15.1. The Morgan fingerprint density at radius 1 is 0.911 bits per heavy atom. The molecule has 13 heteroatoms. The van der Waals surface area contributed by atoms with E-state index < -0.39 is 59.1 Å². The number of hydrogen-bond acceptors (Lipinski definition) is 6. The van der Waals surface area contributed by atoms with Gasteiger partial charge in [-0.05, 0) is 42.4 Å². The smallest absolute Gasteiger partial charge is 0.317 e. The highest BCUT2D eigenvalue weighted by atomic mass is 16.2. The largest absolute Gasteiger partial charge is 0.363 e. The Morgan fingerprint density at radius 3 is 2.16 bits per heavy atom. The molecule has 2 saturated heterocycles. The quantitative estimate of drug-likeness (QED) is 0.193. The van der Waals surface area contributed by atoms with Crippen LogP contribution >= 0.6 is 0 Å². The van der Waals surface area contributed by atoms with Gasteiger partial charge in [0.25, 0.3) is 5.91 Å². The van der Waals surface area contributed by atoms with Crippen molar-refractivity contribution in [3.05, 3.63) is 0 Å². The zero-order chi connectivity index (χ0) is 33.5.